The molecule has 0 N–H and O–H groups in total. The number of likely N-dealkylation sites (tertiary alicyclic amines) is 1. The minimum atomic E-state index is -4.58. The topological polar surface area (TPSA) is 70.1 Å². The Balaban J connectivity index is 1.50. The lowest BCUT2D eigenvalue weighted by molar-refractivity contribution is -0.148. The third-order valence-corrected chi connectivity index (χ3v) is 6.20. The molecule has 0 radical (unpaired) electrons. The molecule has 3 heterocycles. The second kappa shape index (κ2) is 9.97. The number of piperidine rings is 1. The molecule has 37 heavy (non-hydrogen) atoms. The number of halogens is 7. The number of fused-ring (bicyclic) bond motifs is 1. The number of alkyl halides is 7. The molecule has 14 heteroatoms. The van der Waals surface area contributed by atoms with Crippen LogP contribution in [0.5, 0.6) is 11.5 Å². The van der Waals surface area contributed by atoms with Crippen LogP contribution in [0.2, 0.25) is 0 Å². The highest BCUT2D eigenvalue weighted by molar-refractivity contribution is 5.95. The molecule has 202 valence electrons. The van der Waals surface area contributed by atoms with Crippen LogP contribution in [-0.4, -0.2) is 67.8 Å². The van der Waals surface area contributed by atoms with Crippen LogP contribution in [0.25, 0.3) is 0 Å². The highest BCUT2D eigenvalue weighted by Gasteiger charge is 2.53. The van der Waals surface area contributed by atoms with Gasteiger partial charge in [-0.1, -0.05) is 0 Å². The third-order valence-electron chi connectivity index (χ3n) is 6.20. The first-order valence-electron chi connectivity index (χ1n) is 10.9. The number of hydrogen-bond donors (Lipinski definition) is 0. The summed E-state index contributed by atoms with van der Waals surface area (Å²) in [5, 5.41) is 0. The predicted octanol–water partition coefficient (Wildman–Crippen LogP) is 4.50. The van der Waals surface area contributed by atoms with Gasteiger partial charge in [0.15, 0.2) is 18.1 Å². The fraction of sp³-hybridized carbons (Fsp3) is 0.478. The maximum absolute atomic E-state index is 13.2. The molecule has 1 aromatic carbocycles. The molecule has 1 amide bonds. The van der Waals surface area contributed by atoms with E-state index in [0.717, 1.165) is 24.4 Å². The first-order chi connectivity index (χ1) is 17.4. The molecule has 2 atom stereocenters. The third kappa shape index (κ3) is 5.30. The largest absolute Gasteiger partial charge is 0.493 e. The highest BCUT2D eigenvalue weighted by atomic mass is 19.4. The van der Waals surface area contributed by atoms with Crippen molar-refractivity contribution >= 4 is 5.91 Å². The number of hydrogen-bond acceptors (Lipinski definition) is 6. The monoisotopic (exact) mass is 538 g/mol. The molecule has 2 aliphatic heterocycles. The van der Waals surface area contributed by atoms with Crippen molar-refractivity contribution in [2.75, 3.05) is 33.6 Å². The summed E-state index contributed by atoms with van der Waals surface area (Å²) >= 11 is 0. The van der Waals surface area contributed by atoms with Crippen molar-refractivity contribution in [2.45, 2.75) is 36.7 Å². The van der Waals surface area contributed by atoms with Crippen molar-refractivity contribution in [3.63, 3.8) is 0 Å². The SMILES string of the molecule is COc1cc(C(=O)N2CCC3(c4cc(C(F)(F)F)ccn4)OCOC3C2)ccc1OCC(F)(F)C(F)F. The zero-order valence-corrected chi connectivity index (χ0v) is 19.2. The number of carbonyl (C=O) groups excluding carboxylic acids is 1. The molecular formula is C23H21F7N2O5. The van der Waals surface area contributed by atoms with Crippen LogP contribution in [0.15, 0.2) is 36.5 Å². The van der Waals surface area contributed by atoms with Crippen molar-refractivity contribution in [1.82, 2.24) is 9.88 Å². The average Bonchev–Trinajstić information content (AvgIpc) is 3.31. The molecule has 1 aromatic heterocycles. The molecule has 2 aliphatic rings. The van der Waals surface area contributed by atoms with Gasteiger partial charge in [-0.25, -0.2) is 8.78 Å². The van der Waals surface area contributed by atoms with Crippen LogP contribution in [0, 0.1) is 0 Å². The van der Waals surface area contributed by atoms with Gasteiger partial charge in [-0.2, -0.15) is 22.0 Å². The summed E-state index contributed by atoms with van der Waals surface area (Å²) in [6.45, 7) is -1.74. The van der Waals surface area contributed by atoms with Gasteiger partial charge in [0.25, 0.3) is 5.91 Å². The highest BCUT2D eigenvalue weighted by Crippen LogP contribution is 2.43. The number of benzene rings is 1. The van der Waals surface area contributed by atoms with E-state index in [0.29, 0.717) is 0 Å². The number of ether oxygens (including phenoxy) is 4. The Morgan fingerprint density at radius 2 is 1.95 bits per heavy atom. The Morgan fingerprint density at radius 1 is 1.19 bits per heavy atom. The first kappa shape index (κ1) is 26.9. The molecule has 0 bridgehead atoms. The van der Waals surface area contributed by atoms with E-state index in [2.05, 4.69) is 4.98 Å². The Hall–Kier alpha value is -3.13. The Labute approximate surface area is 206 Å². The zero-order valence-electron chi connectivity index (χ0n) is 19.2. The van der Waals surface area contributed by atoms with E-state index in [1.54, 1.807) is 0 Å². The van der Waals surface area contributed by atoms with Gasteiger partial charge < -0.3 is 23.8 Å². The van der Waals surface area contributed by atoms with E-state index < -0.39 is 48.3 Å². The fourth-order valence-electron chi connectivity index (χ4n) is 4.20. The molecule has 2 aromatic rings. The van der Waals surface area contributed by atoms with Crippen LogP contribution < -0.4 is 9.47 Å². The first-order valence-corrected chi connectivity index (χ1v) is 10.9. The molecule has 0 saturated carbocycles. The summed E-state index contributed by atoms with van der Waals surface area (Å²) in [6.07, 6.45) is -8.17. The van der Waals surface area contributed by atoms with Crippen LogP contribution in [0.4, 0.5) is 30.7 Å². The summed E-state index contributed by atoms with van der Waals surface area (Å²) in [7, 11) is 1.18. The summed E-state index contributed by atoms with van der Waals surface area (Å²) in [4.78, 5) is 18.6. The van der Waals surface area contributed by atoms with Crippen molar-refractivity contribution in [2.24, 2.45) is 0 Å². The van der Waals surface area contributed by atoms with E-state index in [-0.39, 0.29) is 49.1 Å². The van der Waals surface area contributed by atoms with Crippen LogP contribution >= 0.6 is 0 Å². The number of rotatable bonds is 7. The van der Waals surface area contributed by atoms with Gasteiger partial charge in [0.1, 0.15) is 18.5 Å². The van der Waals surface area contributed by atoms with E-state index in [1.807, 2.05) is 0 Å². The van der Waals surface area contributed by atoms with Gasteiger partial charge >= 0.3 is 18.5 Å². The second-order valence-electron chi connectivity index (χ2n) is 8.45. The van der Waals surface area contributed by atoms with Gasteiger partial charge in [0.2, 0.25) is 0 Å². The molecule has 2 unspecified atom stereocenters. The van der Waals surface area contributed by atoms with Crippen LogP contribution in [0.1, 0.15) is 28.0 Å². The van der Waals surface area contributed by atoms with Gasteiger partial charge in [0, 0.05) is 24.7 Å². The number of methoxy groups -OCH3 is 1. The number of nitrogens with zero attached hydrogens (tertiary/aromatic N) is 2. The van der Waals surface area contributed by atoms with Gasteiger partial charge in [-0.05, 0) is 30.3 Å². The second-order valence-corrected chi connectivity index (χ2v) is 8.45. The number of amides is 1. The number of aromatic nitrogens is 1. The Kier molecular flexibility index (Phi) is 7.25. The lowest BCUT2D eigenvalue weighted by Gasteiger charge is -2.41. The summed E-state index contributed by atoms with van der Waals surface area (Å²) in [5.41, 5.74) is -2.04. The van der Waals surface area contributed by atoms with Crippen molar-refractivity contribution in [1.29, 1.82) is 0 Å². The molecule has 2 fully saturated rings. The smallest absolute Gasteiger partial charge is 0.416 e. The van der Waals surface area contributed by atoms with E-state index in [4.69, 9.17) is 18.9 Å². The minimum absolute atomic E-state index is 0.0298. The standard InChI is InChI=1S/C23H21F7N2O5/c1-34-16-8-13(2-3-15(16)35-11-22(26,27)20(24)25)19(33)32-7-5-21(18(10-32)36-12-37-21)17-9-14(4-6-31-17)23(28,29)30/h2-4,6,8-9,18,20H,5,7,10-12H2,1H3. The van der Waals surface area contributed by atoms with Gasteiger partial charge in [0.05, 0.1) is 24.9 Å². The zero-order chi connectivity index (χ0) is 27.0. The quantitative estimate of drug-likeness (QED) is 0.484. The fourth-order valence-corrected chi connectivity index (χ4v) is 4.20. The lowest BCUT2D eigenvalue weighted by atomic mass is 9.84. The normalized spacial score (nSPS) is 22.2. The maximum atomic E-state index is 13.2. The lowest BCUT2D eigenvalue weighted by Crippen LogP contribution is -2.54. The molecular weight excluding hydrogens is 517 g/mol. The van der Waals surface area contributed by atoms with Crippen molar-refractivity contribution < 1.29 is 54.5 Å². The molecule has 2 saturated heterocycles. The van der Waals surface area contributed by atoms with E-state index in [1.165, 1.54) is 24.1 Å². The molecule has 4 rings (SSSR count). The van der Waals surface area contributed by atoms with E-state index >= 15 is 0 Å². The van der Waals surface area contributed by atoms with Crippen LogP contribution in [-0.2, 0) is 21.3 Å². The Bertz CT molecular complexity index is 1150. The van der Waals surface area contributed by atoms with Crippen molar-refractivity contribution in [3.8, 4) is 11.5 Å². The average molecular weight is 538 g/mol. The van der Waals surface area contributed by atoms with Crippen LogP contribution in [0.3, 0.4) is 0 Å². The van der Waals surface area contributed by atoms with Gasteiger partial charge in [-0.15, -0.1) is 0 Å². The number of carbonyl (C=O) groups is 1. The molecule has 7 nitrogen and oxygen atoms in total. The predicted molar refractivity (Wildman–Crippen MR) is 112 cm³/mol. The maximum Gasteiger partial charge on any atom is 0.416 e. The van der Waals surface area contributed by atoms with Gasteiger partial charge in [-0.3, -0.25) is 9.78 Å². The number of pyridine rings is 1. The summed E-state index contributed by atoms with van der Waals surface area (Å²) in [5.74, 6) is -5.28. The van der Waals surface area contributed by atoms with E-state index in [9.17, 15) is 35.5 Å². The summed E-state index contributed by atoms with van der Waals surface area (Å²) < 4.78 is 112. The minimum Gasteiger partial charge on any atom is -0.493 e. The Morgan fingerprint density at radius 3 is 2.62 bits per heavy atom. The summed E-state index contributed by atoms with van der Waals surface area (Å²) in [6, 6.07) is 5.35. The molecule has 0 aliphatic carbocycles. The van der Waals surface area contributed by atoms with Crippen molar-refractivity contribution in [3.05, 3.63) is 53.3 Å². The molecule has 0 spiro atoms.